The van der Waals surface area contributed by atoms with E-state index in [4.69, 9.17) is 9.84 Å². The molecule has 1 aliphatic carbocycles. The molecule has 2 unspecified atom stereocenters. The molecule has 1 saturated carbocycles. The van der Waals surface area contributed by atoms with Gasteiger partial charge in [0.1, 0.15) is 0 Å². The average Bonchev–Trinajstić information content (AvgIpc) is 2.68. The maximum absolute atomic E-state index is 12.0. The molecular formula is C20H30NO5P. The molecule has 2 fully saturated rings. The summed E-state index contributed by atoms with van der Waals surface area (Å²) in [6.07, 6.45) is 7.42. The smallest absolute Gasteiger partial charge is 0.335 e. The first-order chi connectivity index (χ1) is 13.0. The molecule has 0 aromatic heterocycles. The van der Waals surface area contributed by atoms with E-state index in [1.165, 1.54) is 32.1 Å². The zero-order valence-electron chi connectivity index (χ0n) is 15.6. The summed E-state index contributed by atoms with van der Waals surface area (Å²) < 4.78 is 18.0. The summed E-state index contributed by atoms with van der Waals surface area (Å²) in [5.74, 6) is -0.370. The number of hydrogen-bond donors (Lipinski definition) is 3. The van der Waals surface area contributed by atoms with Crippen molar-refractivity contribution in [3.8, 4) is 0 Å². The predicted molar refractivity (Wildman–Crippen MR) is 105 cm³/mol. The third kappa shape index (κ3) is 5.89. The van der Waals surface area contributed by atoms with Crippen molar-refractivity contribution in [2.45, 2.75) is 62.8 Å². The van der Waals surface area contributed by atoms with E-state index in [0.717, 1.165) is 18.4 Å². The maximum atomic E-state index is 12.0. The van der Waals surface area contributed by atoms with Crippen molar-refractivity contribution >= 4 is 14.0 Å². The molecular weight excluding hydrogens is 365 g/mol. The first-order valence-electron chi connectivity index (χ1n) is 9.93. The second kappa shape index (κ2) is 9.83. The second-order valence-corrected chi connectivity index (χ2v) is 9.29. The lowest BCUT2D eigenvalue weighted by molar-refractivity contribution is -0.00267. The largest absolute Gasteiger partial charge is 0.478 e. The van der Waals surface area contributed by atoms with Crippen LogP contribution in [0, 0.1) is 5.92 Å². The van der Waals surface area contributed by atoms with Crippen molar-refractivity contribution in [2.75, 3.05) is 13.2 Å². The van der Waals surface area contributed by atoms with Crippen LogP contribution < -0.4 is 5.32 Å². The lowest BCUT2D eigenvalue weighted by atomic mass is 9.85. The van der Waals surface area contributed by atoms with Crippen LogP contribution in [0.5, 0.6) is 0 Å². The van der Waals surface area contributed by atoms with Crippen LogP contribution in [0.2, 0.25) is 0 Å². The maximum Gasteiger partial charge on any atom is 0.335 e. The van der Waals surface area contributed by atoms with Crippen LogP contribution in [0.4, 0.5) is 0 Å². The molecule has 1 aromatic rings. The van der Waals surface area contributed by atoms with Crippen molar-refractivity contribution in [1.82, 2.24) is 5.32 Å². The molecule has 1 saturated heterocycles. The summed E-state index contributed by atoms with van der Waals surface area (Å²) in [7, 11) is -2.63. The van der Waals surface area contributed by atoms with Gasteiger partial charge in [-0.1, -0.05) is 44.2 Å². The molecule has 1 heterocycles. The Morgan fingerprint density at radius 1 is 1.22 bits per heavy atom. The summed E-state index contributed by atoms with van der Waals surface area (Å²) >= 11 is 0. The molecule has 1 aliphatic heterocycles. The Labute approximate surface area is 161 Å². The van der Waals surface area contributed by atoms with Gasteiger partial charge in [0.15, 0.2) is 8.03 Å². The van der Waals surface area contributed by atoms with Gasteiger partial charge in [0.2, 0.25) is 0 Å². The standard InChI is InChI=1S/C20H30NO5P/c22-20(23)16-8-6-15(7-9-16)10-17-13-26-18(12-21-17)19(27(24)25)11-14-4-2-1-3-5-14/h6-9,14,17-19,21,27H,1-5,10-13H2,(H,22,23)(H,24,25)/t17-,18+,19?/m1/s1. The highest BCUT2D eigenvalue weighted by Gasteiger charge is 2.33. The average molecular weight is 395 g/mol. The van der Waals surface area contributed by atoms with Crippen molar-refractivity contribution in [3.05, 3.63) is 35.4 Å². The van der Waals surface area contributed by atoms with E-state index >= 15 is 0 Å². The minimum atomic E-state index is -2.63. The Morgan fingerprint density at radius 3 is 2.48 bits per heavy atom. The van der Waals surface area contributed by atoms with E-state index < -0.39 is 14.0 Å². The van der Waals surface area contributed by atoms with Gasteiger partial charge in [-0.05, 0) is 36.5 Å². The van der Waals surface area contributed by atoms with Crippen molar-refractivity contribution < 1.29 is 24.1 Å². The van der Waals surface area contributed by atoms with Crippen LogP contribution in [0.1, 0.15) is 54.4 Å². The number of nitrogens with one attached hydrogen (secondary N) is 1. The Morgan fingerprint density at radius 2 is 1.93 bits per heavy atom. The molecule has 4 atom stereocenters. The van der Waals surface area contributed by atoms with Gasteiger partial charge in [-0.25, -0.2) is 4.79 Å². The lowest BCUT2D eigenvalue weighted by Gasteiger charge is -2.36. The Bertz CT molecular complexity index is 636. The molecule has 27 heavy (non-hydrogen) atoms. The van der Waals surface area contributed by atoms with Gasteiger partial charge in [0, 0.05) is 12.6 Å². The molecule has 0 amide bonds. The van der Waals surface area contributed by atoms with Gasteiger partial charge in [-0.3, -0.25) is 4.57 Å². The van der Waals surface area contributed by atoms with Crippen LogP contribution in [-0.4, -0.2) is 46.9 Å². The fourth-order valence-electron chi connectivity index (χ4n) is 4.29. The van der Waals surface area contributed by atoms with E-state index in [-0.39, 0.29) is 23.4 Å². The molecule has 2 aliphatic rings. The van der Waals surface area contributed by atoms with Crippen molar-refractivity contribution in [3.63, 3.8) is 0 Å². The van der Waals surface area contributed by atoms with Gasteiger partial charge in [0.05, 0.1) is 23.9 Å². The summed E-state index contributed by atoms with van der Waals surface area (Å²) in [6.45, 7) is 1.09. The molecule has 0 radical (unpaired) electrons. The van der Waals surface area contributed by atoms with Gasteiger partial charge >= 0.3 is 5.97 Å². The highest BCUT2D eigenvalue weighted by atomic mass is 31.1. The van der Waals surface area contributed by atoms with E-state index in [1.54, 1.807) is 12.1 Å². The highest BCUT2D eigenvalue weighted by molar-refractivity contribution is 7.39. The van der Waals surface area contributed by atoms with Gasteiger partial charge in [0.25, 0.3) is 0 Å². The molecule has 7 heteroatoms. The van der Waals surface area contributed by atoms with Crippen LogP contribution in [0.3, 0.4) is 0 Å². The molecule has 0 spiro atoms. The number of morpholine rings is 1. The quantitative estimate of drug-likeness (QED) is 0.614. The summed E-state index contributed by atoms with van der Waals surface area (Å²) in [4.78, 5) is 20.8. The number of carbonyl (C=O) groups is 1. The third-order valence-electron chi connectivity index (χ3n) is 5.88. The van der Waals surface area contributed by atoms with Crippen LogP contribution in [0.15, 0.2) is 24.3 Å². The second-order valence-electron chi connectivity index (χ2n) is 7.87. The van der Waals surface area contributed by atoms with Crippen molar-refractivity contribution in [1.29, 1.82) is 0 Å². The topological polar surface area (TPSA) is 95.9 Å². The number of benzene rings is 1. The van der Waals surface area contributed by atoms with E-state index in [0.29, 0.717) is 19.1 Å². The first kappa shape index (κ1) is 20.5. The highest BCUT2D eigenvalue weighted by Crippen LogP contribution is 2.37. The summed E-state index contributed by atoms with van der Waals surface area (Å²) in [5, 5.41) is 12.4. The minimum absolute atomic E-state index is 0.133. The van der Waals surface area contributed by atoms with E-state index in [2.05, 4.69) is 5.32 Å². The predicted octanol–water partition coefficient (Wildman–Crippen LogP) is 3.09. The SMILES string of the molecule is O=C(O)c1ccc(C[C@@H]2CO[C@H](C(CC3CCCCC3)[PH](=O)O)CN2)cc1. The molecule has 150 valence electrons. The fraction of sp³-hybridized carbons (Fsp3) is 0.650. The molecule has 3 N–H and O–H groups in total. The molecule has 1 aromatic carbocycles. The Kier molecular flexibility index (Phi) is 7.48. The van der Waals surface area contributed by atoms with Crippen molar-refractivity contribution in [2.24, 2.45) is 5.92 Å². The Hall–Kier alpha value is -1.20. The minimum Gasteiger partial charge on any atom is -0.478 e. The normalized spacial score (nSPS) is 26.4. The molecule has 6 nitrogen and oxygen atoms in total. The van der Waals surface area contributed by atoms with Gasteiger partial charge in [-0.2, -0.15) is 0 Å². The third-order valence-corrected chi connectivity index (χ3v) is 7.12. The molecule has 0 bridgehead atoms. The molecule has 3 rings (SSSR count). The van der Waals surface area contributed by atoms with E-state index in [1.807, 2.05) is 12.1 Å². The van der Waals surface area contributed by atoms with E-state index in [9.17, 15) is 14.3 Å². The zero-order valence-corrected chi connectivity index (χ0v) is 16.6. The van der Waals surface area contributed by atoms with Crippen LogP contribution in [-0.2, 0) is 15.7 Å². The number of hydrogen-bond acceptors (Lipinski definition) is 4. The zero-order chi connectivity index (χ0) is 19.2. The number of rotatable bonds is 7. The fourth-order valence-corrected chi connectivity index (χ4v) is 5.36. The van der Waals surface area contributed by atoms with Crippen LogP contribution in [0.25, 0.3) is 0 Å². The first-order valence-corrected chi connectivity index (χ1v) is 11.4. The summed E-state index contributed by atoms with van der Waals surface area (Å²) in [6, 6.07) is 7.02. The number of aromatic carboxylic acids is 1. The number of carboxylic acids is 1. The van der Waals surface area contributed by atoms with Crippen LogP contribution >= 0.6 is 8.03 Å². The number of carboxylic acid groups (broad SMARTS) is 1. The number of ether oxygens (including phenoxy) is 1. The monoisotopic (exact) mass is 395 g/mol. The van der Waals surface area contributed by atoms with Gasteiger partial charge < -0.3 is 20.1 Å². The Balaban J connectivity index is 1.50. The lowest BCUT2D eigenvalue weighted by Crippen LogP contribution is -2.51. The summed E-state index contributed by atoms with van der Waals surface area (Å²) in [5.41, 5.74) is 1.07. The van der Waals surface area contributed by atoms with Gasteiger partial charge in [-0.15, -0.1) is 0 Å².